The molecule has 2 heterocycles. The first kappa shape index (κ1) is 20.6. The molecule has 0 amide bonds. The predicted octanol–water partition coefficient (Wildman–Crippen LogP) is 4.16. The Hall–Kier alpha value is -3.14. The molecule has 152 valence electrons. The Morgan fingerprint density at radius 1 is 0.931 bits per heavy atom. The minimum atomic E-state index is -4.66. The van der Waals surface area contributed by atoms with E-state index in [1.807, 2.05) is 0 Å². The van der Waals surface area contributed by atoms with E-state index in [9.17, 15) is 21.6 Å². The van der Waals surface area contributed by atoms with Crippen molar-refractivity contribution in [3.63, 3.8) is 0 Å². The zero-order valence-electron chi connectivity index (χ0n) is 15.4. The van der Waals surface area contributed by atoms with Gasteiger partial charge in [-0.1, -0.05) is 24.3 Å². The first-order valence-electron chi connectivity index (χ1n) is 8.39. The van der Waals surface area contributed by atoms with E-state index >= 15 is 0 Å². The number of alkyl halides is 3. The maximum atomic E-state index is 13.6. The topological polar surface area (TPSA) is 98.0 Å². The number of sulfonamides is 1. The van der Waals surface area contributed by atoms with Crippen LogP contribution in [0.3, 0.4) is 0 Å². The summed E-state index contributed by atoms with van der Waals surface area (Å²) in [7, 11) is -4.19. The number of aromatic nitrogens is 2. The summed E-state index contributed by atoms with van der Waals surface area (Å²) in [5.74, 6) is -0.274. The molecule has 0 aliphatic rings. The molecule has 0 saturated heterocycles. The summed E-state index contributed by atoms with van der Waals surface area (Å²) in [4.78, 5) is 7.72. The minimum Gasteiger partial charge on any atom is -0.384 e. The highest BCUT2D eigenvalue weighted by molar-refractivity contribution is 7.92. The summed E-state index contributed by atoms with van der Waals surface area (Å²) in [5, 5.41) is -0.368. The molecular formula is C19H17F3N4O2S. The SMILES string of the molecule is Cc1cccc(C)c1-c1nc(NS(=O)(=O)c2cccc(N)n2)ccc1C(F)(F)F. The van der Waals surface area contributed by atoms with Crippen LogP contribution < -0.4 is 10.5 Å². The smallest absolute Gasteiger partial charge is 0.384 e. The van der Waals surface area contributed by atoms with Gasteiger partial charge in [-0.25, -0.2) is 9.97 Å². The van der Waals surface area contributed by atoms with Crippen molar-refractivity contribution in [1.82, 2.24) is 9.97 Å². The average molecular weight is 422 g/mol. The van der Waals surface area contributed by atoms with Gasteiger partial charge in [0.05, 0.1) is 11.3 Å². The third-order valence-electron chi connectivity index (χ3n) is 4.18. The second-order valence-electron chi connectivity index (χ2n) is 6.36. The van der Waals surface area contributed by atoms with Gasteiger partial charge in [0.1, 0.15) is 11.6 Å². The van der Waals surface area contributed by atoms with Gasteiger partial charge in [0.2, 0.25) is 0 Å². The zero-order chi connectivity index (χ0) is 21.4. The lowest BCUT2D eigenvalue weighted by molar-refractivity contribution is -0.137. The summed E-state index contributed by atoms with van der Waals surface area (Å²) in [6.45, 7) is 3.33. The molecule has 10 heteroatoms. The molecule has 1 aromatic carbocycles. The van der Waals surface area contributed by atoms with Crippen molar-refractivity contribution in [3.05, 3.63) is 65.2 Å². The fourth-order valence-corrected chi connectivity index (χ4v) is 3.87. The quantitative estimate of drug-likeness (QED) is 0.658. The average Bonchev–Trinajstić information content (AvgIpc) is 2.60. The highest BCUT2D eigenvalue weighted by Gasteiger charge is 2.35. The Morgan fingerprint density at radius 2 is 1.55 bits per heavy atom. The molecule has 0 atom stereocenters. The second-order valence-corrected chi connectivity index (χ2v) is 7.99. The molecule has 2 aromatic heterocycles. The molecule has 0 spiro atoms. The van der Waals surface area contributed by atoms with Gasteiger partial charge in [-0.2, -0.15) is 21.6 Å². The van der Waals surface area contributed by atoms with E-state index in [2.05, 4.69) is 14.7 Å². The van der Waals surface area contributed by atoms with Crippen LogP contribution in [0.5, 0.6) is 0 Å². The maximum Gasteiger partial charge on any atom is 0.418 e. The predicted molar refractivity (Wildman–Crippen MR) is 104 cm³/mol. The summed E-state index contributed by atoms with van der Waals surface area (Å²) >= 11 is 0. The molecule has 0 radical (unpaired) electrons. The fraction of sp³-hybridized carbons (Fsp3) is 0.158. The summed E-state index contributed by atoms with van der Waals surface area (Å²) in [6, 6.07) is 10.8. The lowest BCUT2D eigenvalue weighted by atomic mass is 9.96. The number of nitrogens with zero attached hydrogens (tertiary/aromatic N) is 2. The van der Waals surface area contributed by atoms with E-state index in [1.54, 1.807) is 32.0 Å². The van der Waals surface area contributed by atoms with E-state index in [0.717, 1.165) is 12.1 Å². The van der Waals surface area contributed by atoms with Crippen molar-refractivity contribution >= 4 is 21.7 Å². The Kier molecular flexibility index (Phi) is 5.22. The number of hydrogen-bond donors (Lipinski definition) is 2. The van der Waals surface area contributed by atoms with E-state index < -0.39 is 21.8 Å². The van der Waals surface area contributed by atoms with Gasteiger partial charge in [-0.3, -0.25) is 4.72 Å². The van der Waals surface area contributed by atoms with E-state index in [0.29, 0.717) is 16.7 Å². The Balaban J connectivity index is 2.14. The standard InChI is InChI=1S/C19H17F3N4O2S/c1-11-5-3-6-12(2)17(11)18-13(19(20,21)22)9-10-15(25-18)26-29(27,28)16-8-4-7-14(23)24-16/h3-10H,1-2H3,(H2,23,24)(H,25,26). The molecule has 3 N–H and O–H groups in total. The molecule has 29 heavy (non-hydrogen) atoms. The van der Waals surface area contributed by atoms with Crippen molar-refractivity contribution in [2.45, 2.75) is 25.0 Å². The van der Waals surface area contributed by atoms with Crippen molar-refractivity contribution in [2.75, 3.05) is 10.5 Å². The zero-order valence-corrected chi connectivity index (χ0v) is 16.3. The number of halogens is 3. The third kappa shape index (κ3) is 4.32. The molecule has 0 unspecified atom stereocenters. The van der Waals surface area contributed by atoms with Gasteiger partial charge in [0.25, 0.3) is 10.0 Å². The highest BCUT2D eigenvalue weighted by atomic mass is 32.2. The van der Waals surface area contributed by atoms with Crippen LogP contribution in [-0.2, 0) is 16.2 Å². The lowest BCUT2D eigenvalue weighted by Crippen LogP contribution is -2.17. The summed E-state index contributed by atoms with van der Waals surface area (Å²) in [6.07, 6.45) is -4.66. The summed E-state index contributed by atoms with van der Waals surface area (Å²) in [5.41, 5.74) is 5.66. The number of nitrogens with one attached hydrogen (secondary N) is 1. The number of anilines is 2. The fourth-order valence-electron chi connectivity index (χ4n) is 2.89. The van der Waals surface area contributed by atoms with Crippen molar-refractivity contribution < 1.29 is 21.6 Å². The Morgan fingerprint density at radius 3 is 2.14 bits per heavy atom. The first-order chi connectivity index (χ1) is 13.5. The molecule has 0 aliphatic heterocycles. The molecule has 0 saturated carbocycles. The number of aryl methyl sites for hydroxylation is 2. The number of nitrogens with two attached hydrogens (primary N) is 1. The highest BCUT2D eigenvalue weighted by Crippen LogP contribution is 2.39. The largest absolute Gasteiger partial charge is 0.418 e. The van der Waals surface area contributed by atoms with Crippen LogP contribution in [0.2, 0.25) is 0 Å². The first-order valence-corrected chi connectivity index (χ1v) is 9.87. The molecule has 0 fully saturated rings. The summed E-state index contributed by atoms with van der Waals surface area (Å²) < 4.78 is 67.9. The molecule has 6 nitrogen and oxygen atoms in total. The van der Waals surface area contributed by atoms with Crippen LogP contribution in [0.1, 0.15) is 16.7 Å². The number of rotatable bonds is 4. The van der Waals surface area contributed by atoms with Gasteiger partial charge < -0.3 is 5.73 Å². The van der Waals surface area contributed by atoms with Crippen molar-refractivity contribution in [3.8, 4) is 11.3 Å². The molecule has 0 aliphatic carbocycles. The molecule has 3 rings (SSSR count). The molecule has 3 aromatic rings. The lowest BCUT2D eigenvalue weighted by Gasteiger charge is -2.17. The number of nitrogen functional groups attached to an aromatic ring is 1. The van der Waals surface area contributed by atoms with Crippen molar-refractivity contribution in [2.24, 2.45) is 0 Å². The Labute approximate surface area is 165 Å². The maximum absolute atomic E-state index is 13.6. The number of pyridine rings is 2. The van der Waals surface area contributed by atoms with E-state index in [1.165, 1.54) is 18.2 Å². The van der Waals surface area contributed by atoms with Crippen LogP contribution in [0.15, 0.2) is 53.6 Å². The second kappa shape index (κ2) is 7.36. The molecule has 0 bridgehead atoms. The number of hydrogen-bond acceptors (Lipinski definition) is 5. The third-order valence-corrected chi connectivity index (χ3v) is 5.43. The minimum absolute atomic E-state index is 0.00974. The van der Waals surface area contributed by atoms with Crippen LogP contribution in [-0.4, -0.2) is 18.4 Å². The van der Waals surface area contributed by atoms with Gasteiger partial charge >= 0.3 is 6.18 Å². The monoisotopic (exact) mass is 422 g/mol. The van der Waals surface area contributed by atoms with Crippen LogP contribution in [0.25, 0.3) is 11.3 Å². The van der Waals surface area contributed by atoms with Crippen LogP contribution in [0.4, 0.5) is 24.8 Å². The van der Waals surface area contributed by atoms with E-state index in [-0.39, 0.29) is 22.4 Å². The van der Waals surface area contributed by atoms with E-state index in [4.69, 9.17) is 5.73 Å². The van der Waals surface area contributed by atoms with Gasteiger partial charge in [0, 0.05) is 5.56 Å². The van der Waals surface area contributed by atoms with Gasteiger partial charge in [-0.15, -0.1) is 0 Å². The van der Waals surface area contributed by atoms with Gasteiger partial charge in [-0.05, 0) is 49.2 Å². The number of benzene rings is 1. The normalized spacial score (nSPS) is 12.0. The van der Waals surface area contributed by atoms with Crippen LogP contribution >= 0.6 is 0 Å². The van der Waals surface area contributed by atoms with Crippen molar-refractivity contribution in [1.29, 1.82) is 0 Å². The molecular weight excluding hydrogens is 405 g/mol. The Bertz CT molecular complexity index is 1160. The van der Waals surface area contributed by atoms with Crippen LogP contribution in [0, 0.1) is 13.8 Å². The van der Waals surface area contributed by atoms with Gasteiger partial charge in [0.15, 0.2) is 5.03 Å².